The van der Waals surface area contributed by atoms with E-state index in [-0.39, 0.29) is 62.7 Å². The van der Waals surface area contributed by atoms with Crippen LogP contribution in [0.4, 0.5) is 58.5 Å². The van der Waals surface area contributed by atoms with Gasteiger partial charge in [0.25, 0.3) is 0 Å². The lowest BCUT2D eigenvalue weighted by atomic mass is 10.2. The molecule has 8 N–H and O–H groups in total. The first-order chi connectivity index (χ1) is 55.4. The summed E-state index contributed by atoms with van der Waals surface area (Å²) in [6.07, 6.45) is 16.8. The molecule has 7 heterocycles. The van der Waals surface area contributed by atoms with Crippen molar-refractivity contribution in [1.29, 1.82) is 0 Å². The number of nitrogens with one attached hydrogen (secondary N) is 4. The van der Waals surface area contributed by atoms with E-state index in [9.17, 15) is 51.9 Å². The molecule has 2 aromatic heterocycles. The van der Waals surface area contributed by atoms with Gasteiger partial charge in [0.05, 0.1) is 46.0 Å². The third-order valence-electron chi connectivity index (χ3n) is 15.3. The van der Waals surface area contributed by atoms with Crippen molar-refractivity contribution >= 4 is 133 Å². The quantitative estimate of drug-likeness (QED) is 0.00623. The van der Waals surface area contributed by atoms with Gasteiger partial charge in [-0.15, -0.1) is 62.7 Å². The molecule has 0 unspecified atom stereocenters. The number of aromatic nitrogens is 2. The van der Waals surface area contributed by atoms with Crippen molar-refractivity contribution in [3.8, 4) is 46.0 Å². The summed E-state index contributed by atoms with van der Waals surface area (Å²) in [6.45, 7) is 30.8. The lowest BCUT2D eigenvalue weighted by Crippen LogP contribution is -2.39. The van der Waals surface area contributed by atoms with E-state index in [1.165, 1.54) is 72.1 Å². The molecule has 38 heteroatoms. The maximum absolute atomic E-state index is 14.8. The maximum Gasteiger partial charge on any atom is 0.330 e. The number of pyridine rings is 2. The first-order valence-corrected chi connectivity index (χ1v) is 36.9. The number of imide groups is 3. The molecule has 5 aliphatic rings. The van der Waals surface area contributed by atoms with E-state index in [2.05, 4.69) is 75.7 Å². The number of ether oxygens (including phenoxy) is 7. The number of anilines is 2. The number of halogens is 6. The predicted octanol–water partition coefficient (Wildman–Crippen LogP) is 14.6. The van der Waals surface area contributed by atoms with E-state index < -0.39 is 34.4 Å². The largest absolute Gasteiger partial charge is 0.493 e. The molecule has 0 spiro atoms. The van der Waals surface area contributed by atoms with E-state index in [1.807, 2.05) is 0 Å². The Morgan fingerprint density at radius 2 is 1.01 bits per heavy atom. The van der Waals surface area contributed by atoms with Crippen LogP contribution in [0.1, 0.15) is 27.7 Å². The van der Waals surface area contributed by atoms with Gasteiger partial charge in [0.1, 0.15) is 11.5 Å². The Balaban J connectivity index is 0.000000716. The van der Waals surface area contributed by atoms with Crippen LogP contribution in [0.3, 0.4) is 0 Å². The molecule has 5 saturated heterocycles. The SMILES string of the molecule is C.C.C1CCOC1.C=CCN.C=CCN1CCN(C(=O)Cl)C1=O.C=CCN1CCN(C(=O)Cl)C1=O.C=CCN1CCN(C(=O)Nc2ccc(Oc3ccnc4cc(OC)c(OC)cc34)c(F)c2)C1=O.C=CCN1CCNC1=O.C=CCNC(=O)NCCCl.COc1cc2nccc(Oc3ccc(N)cc3F)c2cc1OC.O=C=NCCCl. The summed E-state index contributed by atoms with van der Waals surface area (Å²) in [4.78, 5) is 120. The fraction of sp³-hybridized carbons (Fsp3) is 0.354. The lowest BCUT2D eigenvalue weighted by Gasteiger charge is -2.17. The third kappa shape index (κ3) is 35.1. The van der Waals surface area contributed by atoms with Crippen molar-refractivity contribution in [3.05, 3.63) is 173 Å². The second-order valence-electron chi connectivity index (χ2n) is 23.1. The van der Waals surface area contributed by atoms with Crippen LogP contribution < -0.4 is 61.2 Å². The van der Waals surface area contributed by atoms with Gasteiger partial charge in [0.15, 0.2) is 46.1 Å². The molecular weight excluding hydrogens is 1610 g/mol. The number of amides is 14. The number of hydrogen-bond acceptors (Lipinski definition) is 21. The molecule has 0 aliphatic carbocycles. The average Bonchev–Trinajstić information content (AvgIpc) is 1.75. The van der Waals surface area contributed by atoms with Crippen LogP contribution in [0.25, 0.3) is 21.8 Å². The monoisotopic (exact) mass is 1710 g/mol. The maximum atomic E-state index is 14.8. The highest BCUT2D eigenvalue weighted by Crippen LogP contribution is 2.39. The number of nitrogens with zero attached hydrogens (tertiary/aromatic N) is 10. The summed E-state index contributed by atoms with van der Waals surface area (Å²) in [5.41, 5.74) is 12.2. The second kappa shape index (κ2) is 58.1. The molecular formula is C79H104Cl4F2N16O16. The molecule has 0 atom stereocenters. The number of benzene rings is 4. The Bertz CT molecular complexity index is 4250. The zero-order chi connectivity index (χ0) is 85.2. The molecule has 32 nitrogen and oxygen atoms in total. The first kappa shape index (κ1) is 103. The number of carbonyl (C=O) groups excluding carboxylic acids is 9. The smallest absolute Gasteiger partial charge is 0.330 e. The number of methoxy groups -OCH3 is 4. The van der Waals surface area contributed by atoms with Crippen molar-refractivity contribution in [2.75, 3.05) is 169 Å². The van der Waals surface area contributed by atoms with Crippen LogP contribution >= 0.6 is 46.4 Å². The van der Waals surface area contributed by atoms with Crippen LogP contribution in [0, 0.1) is 11.6 Å². The Morgan fingerprint density at radius 1 is 0.573 bits per heavy atom. The Morgan fingerprint density at radius 3 is 1.36 bits per heavy atom. The van der Waals surface area contributed by atoms with E-state index in [0.717, 1.165) is 47.1 Å². The van der Waals surface area contributed by atoms with Crippen molar-refractivity contribution < 1.29 is 85.1 Å². The summed E-state index contributed by atoms with van der Waals surface area (Å²) in [5, 5.41) is 10.2. The molecule has 11 rings (SSSR count). The van der Waals surface area contributed by atoms with Gasteiger partial charge in [-0.25, -0.2) is 62.0 Å². The highest BCUT2D eigenvalue weighted by Gasteiger charge is 2.34. The van der Waals surface area contributed by atoms with Gasteiger partial charge in [-0.3, -0.25) is 19.6 Å². The molecule has 4 aromatic carbocycles. The molecule has 6 aromatic rings. The standard InChI is InChI=1S/C24H23FN4O5.C17H15FN2O3.2C7H9ClN2O2.C6H11ClN2O.C6H10N2O.C4H8O.C3H4ClNO.C3H7N.2CH4/c1-4-9-28-10-11-29(24(28)31)23(30)27-15-5-6-20(17(25)12-15)34-19-7-8-26-18-14-22(33-3)21(32-2)13-16(18)19;1-21-16-8-11-13(9-17(16)22-2)20-6-5-14(11)23-15-4-3-10(19)7-12(15)18;2*1-2-3-9-4-5-10(6(8)11)7(9)12;1-2-4-8-6(10)9-5-3-7;1-2-4-8-5-3-7-6(8)9;1-2-4-5-3-1;4-1-2-5-3-6;1-2-3-4;;/h4-8,12-14H,1,9-11H2,2-3H3,(H,27,30);3-9H,19H2,1-2H3;2*2H,1,3-5H2;2H,1,3-5H2,(H2,8,9,10);2H,1,3-5H2,(H,7,9);1-4H2;1-2H2;2H,1,3-4H2;2*1H4. The molecule has 0 saturated carbocycles. The van der Waals surface area contributed by atoms with Gasteiger partial charge >= 0.3 is 46.9 Å². The van der Waals surface area contributed by atoms with Crippen LogP contribution in [-0.4, -0.2) is 255 Å². The van der Waals surface area contributed by atoms with E-state index >= 15 is 0 Å². The number of carbonyl (C=O) groups is 8. The number of isocyanates is 1. The highest BCUT2D eigenvalue weighted by atomic mass is 35.5. The zero-order valence-electron chi connectivity index (χ0n) is 64.3. The number of alkyl halides is 2. The van der Waals surface area contributed by atoms with E-state index in [4.69, 9.17) is 91.0 Å². The fourth-order valence-electron chi connectivity index (χ4n) is 9.83. The van der Waals surface area contributed by atoms with Crippen LogP contribution in [0.5, 0.6) is 46.0 Å². The molecule has 638 valence electrons. The van der Waals surface area contributed by atoms with Crippen molar-refractivity contribution in [2.24, 2.45) is 10.7 Å². The number of nitrogens with two attached hydrogens (primary N) is 2. The summed E-state index contributed by atoms with van der Waals surface area (Å²) < 4.78 is 66.4. The Kier molecular flexibility index (Phi) is 51.3. The zero-order valence-corrected chi connectivity index (χ0v) is 67.3. The van der Waals surface area contributed by atoms with Crippen molar-refractivity contribution in [3.63, 3.8) is 0 Å². The van der Waals surface area contributed by atoms with Crippen LogP contribution in [0.15, 0.2) is 166 Å². The molecule has 5 fully saturated rings. The molecule has 117 heavy (non-hydrogen) atoms. The fourth-order valence-corrected chi connectivity index (χ4v) is 10.3. The molecule has 14 amide bonds. The first-order valence-electron chi connectivity index (χ1n) is 35.1. The molecule has 0 bridgehead atoms. The summed E-state index contributed by atoms with van der Waals surface area (Å²) in [5.74, 6) is 2.56. The number of rotatable bonds is 24. The number of hydrogen-bond donors (Lipinski definition) is 6. The predicted molar refractivity (Wildman–Crippen MR) is 454 cm³/mol. The minimum Gasteiger partial charge on any atom is -0.493 e. The number of fused-ring (bicyclic) bond motifs is 2. The van der Waals surface area contributed by atoms with Gasteiger partial charge < -0.3 is 85.5 Å². The number of urea groups is 6. The third-order valence-corrected chi connectivity index (χ3v) is 16.1. The van der Waals surface area contributed by atoms with Gasteiger partial charge in [0.2, 0.25) is 6.08 Å². The van der Waals surface area contributed by atoms with Crippen molar-refractivity contribution in [2.45, 2.75) is 27.7 Å². The summed E-state index contributed by atoms with van der Waals surface area (Å²) >= 11 is 20.7. The minimum absolute atomic E-state index is 0. The van der Waals surface area contributed by atoms with Gasteiger partial charge in [-0.2, -0.15) is 0 Å². The van der Waals surface area contributed by atoms with Gasteiger partial charge in [-0.1, -0.05) is 51.3 Å². The summed E-state index contributed by atoms with van der Waals surface area (Å²) in [7, 11) is 6.13. The topological polar surface area (TPSA) is 379 Å². The second-order valence-corrected chi connectivity index (χ2v) is 24.5. The van der Waals surface area contributed by atoms with Gasteiger partial charge in [-0.05, 0) is 84.6 Å². The molecule has 5 aliphatic heterocycles. The van der Waals surface area contributed by atoms with Crippen LogP contribution in [0.2, 0.25) is 0 Å². The highest BCUT2D eigenvalue weighted by molar-refractivity contribution is 6.64. The Labute approximate surface area is 700 Å². The van der Waals surface area contributed by atoms with Crippen molar-refractivity contribution in [1.82, 2.24) is 60.2 Å². The normalized spacial score (nSPS) is 13.1. The lowest BCUT2D eigenvalue weighted by molar-refractivity contribution is 0.192. The molecule has 0 radical (unpaired) electrons. The summed E-state index contributed by atoms with van der Waals surface area (Å²) in [6, 6.07) is 16.5. The number of aliphatic imine (C=N–C) groups is 1. The average molecular weight is 1710 g/mol. The van der Waals surface area contributed by atoms with E-state index in [1.54, 1.807) is 110 Å². The Hall–Kier alpha value is -11.8. The van der Waals surface area contributed by atoms with Gasteiger partial charge in [0, 0.05) is 182 Å². The van der Waals surface area contributed by atoms with Crippen LogP contribution in [-0.2, 0) is 9.53 Å². The van der Waals surface area contributed by atoms with E-state index in [0.29, 0.717) is 159 Å². The number of nitrogen functional groups attached to an aromatic ring is 1. The minimum atomic E-state index is -0.716.